The van der Waals surface area contributed by atoms with E-state index in [0.29, 0.717) is 16.9 Å². The van der Waals surface area contributed by atoms with Crippen molar-refractivity contribution in [3.63, 3.8) is 0 Å². The summed E-state index contributed by atoms with van der Waals surface area (Å²) in [6.07, 6.45) is 1.29. The van der Waals surface area contributed by atoms with Crippen molar-refractivity contribution in [2.75, 3.05) is 23.0 Å². The van der Waals surface area contributed by atoms with Crippen LogP contribution in [0.4, 0.5) is 32.3 Å². The third-order valence-electron chi connectivity index (χ3n) is 4.06. The number of benzene rings is 2. The molecule has 1 aromatic heterocycles. The molecule has 0 aliphatic rings. The first kappa shape index (κ1) is 20.5. The molecule has 2 aromatic carbocycles. The standard InChI is InChI=1S/C20H20FN7O2/c1-23-20(30)27-14-7-4-6-13(9-14)26-19-25-11-15(17(22)29)18(28-19)24-10-12-5-2-3-8-16(12)21/h2-9,11H,10H2,1H3,(H2,22,29)(H2,23,27,30)(H2,24,25,26,28). The molecular formula is C20H20FN7O2. The number of nitrogens with zero attached hydrogens (tertiary/aromatic N) is 2. The van der Waals surface area contributed by atoms with E-state index < -0.39 is 5.91 Å². The van der Waals surface area contributed by atoms with Crippen molar-refractivity contribution in [3.05, 3.63) is 71.7 Å². The van der Waals surface area contributed by atoms with Gasteiger partial charge in [-0.05, 0) is 24.3 Å². The highest BCUT2D eigenvalue weighted by Crippen LogP contribution is 2.21. The van der Waals surface area contributed by atoms with Gasteiger partial charge in [-0.15, -0.1) is 0 Å². The van der Waals surface area contributed by atoms with Gasteiger partial charge < -0.3 is 27.0 Å². The second kappa shape index (κ2) is 9.32. The Bertz CT molecular complexity index is 1070. The molecule has 1 heterocycles. The molecule has 10 heteroatoms. The van der Waals surface area contributed by atoms with Crippen molar-refractivity contribution >= 4 is 35.1 Å². The maximum absolute atomic E-state index is 13.9. The second-order valence-corrected chi connectivity index (χ2v) is 6.18. The topological polar surface area (TPSA) is 134 Å². The van der Waals surface area contributed by atoms with E-state index in [-0.39, 0.29) is 35.7 Å². The van der Waals surface area contributed by atoms with E-state index in [9.17, 15) is 14.0 Å². The second-order valence-electron chi connectivity index (χ2n) is 6.18. The van der Waals surface area contributed by atoms with Gasteiger partial charge in [-0.3, -0.25) is 4.79 Å². The van der Waals surface area contributed by atoms with Crippen molar-refractivity contribution in [1.29, 1.82) is 0 Å². The van der Waals surface area contributed by atoms with Crippen LogP contribution in [0.3, 0.4) is 0 Å². The molecule has 3 aromatic rings. The number of anilines is 4. The molecule has 6 N–H and O–H groups in total. The summed E-state index contributed by atoms with van der Waals surface area (Å²) in [6.45, 7) is 0.106. The number of nitrogens with one attached hydrogen (secondary N) is 4. The summed E-state index contributed by atoms with van der Waals surface area (Å²) in [5, 5.41) is 11.0. The van der Waals surface area contributed by atoms with Gasteiger partial charge in [0.25, 0.3) is 5.91 Å². The molecule has 30 heavy (non-hydrogen) atoms. The molecule has 0 spiro atoms. The maximum atomic E-state index is 13.9. The number of halogens is 1. The molecule has 0 atom stereocenters. The molecule has 9 nitrogen and oxygen atoms in total. The summed E-state index contributed by atoms with van der Waals surface area (Å²) in [6, 6.07) is 12.8. The number of carbonyl (C=O) groups is 2. The van der Waals surface area contributed by atoms with E-state index >= 15 is 0 Å². The number of rotatable bonds is 7. The van der Waals surface area contributed by atoms with Gasteiger partial charge in [0.05, 0.1) is 5.56 Å². The van der Waals surface area contributed by atoms with Crippen LogP contribution < -0.4 is 27.0 Å². The smallest absolute Gasteiger partial charge is 0.318 e. The van der Waals surface area contributed by atoms with Crippen LogP contribution in [0.5, 0.6) is 0 Å². The molecule has 0 saturated carbocycles. The Morgan fingerprint density at radius 1 is 1.10 bits per heavy atom. The first-order chi connectivity index (χ1) is 14.5. The van der Waals surface area contributed by atoms with Crippen LogP contribution in [0.15, 0.2) is 54.7 Å². The minimum absolute atomic E-state index is 0.0759. The fourth-order valence-electron chi connectivity index (χ4n) is 2.58. The van der Waals surface area contributed by atoms with Gasteiger partial charge in [0.1, 0.15) is 11.6 Å². The Morgan fingerprint density at radius 3 is 2.60 bits per heavy atom. The van der Waals surface area contributed by atoms with Crippen LogP contribution in [-0.2, 0) is 6.54 Å². The fraction of sp³-hybridized carbons (Fsp3) is 0.100. The Hall–Kier alpha value is -4.21. The van der Waals surface area contributed by atoms with Crippen molar-refractivity contribution in [3.8, 4) is 0 Å². The van der Waals surface area contributed by atoms with E-state index in [1.165, 1.54) is 19.3 Å². The average Bonchev–Trinajstić information content (AvgIpc) is 2.73. The maximum Gasteiger partial charge on any atom is 0.318 e. The largest absolute Gasteiger partial charge is 0.365 e. The zero-order chi connectivity index (χ0) is 21.5. The normalized spacial score (nSPS) is 10.2. The van der Waals surface area contributed by atoms with Gasteiger partial charge in [-0.25, -0.2) is 14.2 Å². The Labute approximate surface area is 171 Å². The van der Waals surface area contributed by atoms with Gasteiger partial charge in [-0.1, -0.05) is 24.3 Å². The molecule has 0 saturated heterocycles. The minimum Gasteiger partial charge on any atom is -0.365 e. The van der Waals surface area contributed by atoms with Crippen molar-refractivity contribution in [2.45, 2.75) is 6.54 Å². The monoisotopic (exact) mass is 409 g/mol. The number of aromatic nitrogens is 2. The van der Waals surface area contributed by atoms with Gasteiger partial charge in [-0.2, -0.15) is 4.98 Å². The quantitative estimate of drug-likeness (QED) is 0.407. The summed E-state index contributed by atoms with van der Waals surface area (Å²) in [4.78, 5) is 31.6. The van der Waals surface area contributed by atoms with E-state index in [1.54, 1.807) is 42.5 Å². The number of hydrogen-bond acceptors (Lipinski definition) is 6. The highest BCUT2D eigenvalue weighted by Gasteiger charge is 2.13. The summed E-state index contributed by atoms with van der Waals surface area (Å²) >= 11 is 0. The number of carbonyl (C=O) groups excluding carboxylic acids is 2. The number of hydrogen-bond donors (Lipinski definition) is 5. The van der Waals surface area contributed by atoms with E-state index in [0.717, 1.165) is 0 Å². The lowest BCUT2D eigenvalue weighted by Gasteiger charge is -2.12. The lowest BCUT2D eigenvalue weighted by molar-refractivity contribution is 0.100. The van der Waals surface area contributed by atoms with Crippen molar-refractivity contribution in [2.24, 2.45) is 5.73 Å². The zero-order valence-corrected chi connectivity index (χ0v) is 16.1. The highest BCUT2D eigenvalue weighted by molar-refractivity contribution is 5.97. The van der Waals surface area contributed by atoms with Crippen LogP contribution in [0.2, 0.25) is 0 Å². The average molecular weight is 409 g/mol. The van der Waals surface area contributed by atoms with Crippen LogP contribution in [0.1, 0.15) is 15.9 Å². The summed E-state index contributed by atoms with van der Waals surface area (Å²) in [5.41, 5.74) is 7.05. The van der Waals surface area contributed by atoms with Gasteiger partial charge >= 0.3 is 6.03 Å². The summed E-state index contributed by atoms with van der Waals surface area (Å²) < 4.78 is 13.9. The molecule has 0 unspecified atom stereocenters. The Balaban J connectivity index is 1.80. The van der Waals surface area contributed by atoms with Crippen molar-refractivity contribution < 1.29 is 14.0 Å². The first-order valence-electron chi connectivity index (χ1n) is 8.96. The minimum atomic E-state index is -0.714. The van der Waals surface area contributed by atoms with Gasteiger partial charge in [0.2, 0.25) is 5.95 Å². The number of amides is 3. The van der Waals surface area contributed by atoms with Gasteiger partial charge in [0, 0.05) is 36.7 Å². The number of nitrogens with two attached hydrogens (primary N) is 1. The molecule has 3 rings (SSSR count). The highest BCUT2D eigenvalue weighted by atomic mass is 19.1. The summed E-state index contributed by atoms with van der Waals surface area (Å²) in [5.74, 6) is -0.733. The molecule has 0 radical (unpaired) electrons. The van der Waals surface area contributed by atoms with Crippen LogP contribution >= 0.6 is 0 Å². The van der Waals surface area contributed by atoms with Crippen molar-refractivity contribution in [1.82, 2.24) is 15.3 Å². The zero-order valence-electron chi connectivity index (χ0n) is 16.1. The Kier molecular flexibility index (Phi) is 6.38. The third-order valence-corrected chi connectivity index (χ3v) is 4.06. The third kappa shape index (κ3) is 5.19. The first-order valence-corrected chi connectivity index (χ1v) is 8.96. The molecular weight excluding hydrogens is 389 g/mol. The molecule has 0 fully saturated rings. The molecule has 0 aliphatic carbocycles. The van der Waals surface area contributed by atoms with E-state index in [2.05, 4.69) is 31.2 Å². The van der Waals surface area contributed by atoms with Gasteiger partial charge in [0.15, 0.2) is 0 Å². The fourth-order valence-corrected chi connectivity index (χ4v) is 2.58. The molecule has 154 valence electrons. The SMILES string of the molecule is CNC(=O)Nc1cccc(Nc2ncc(C(N)=O)c(NCc3ccccc3F)n2)c1. The Morgan fingerprint density at radius 2 is 1.87 bits per heavy atom. The summed E-state index contributed by atoms with van der Waals surface area (Å²) in [7, 11) is 1.52. The molecule has 0 aliphatic heterocycles. The lowest BCUT2D eigenvalue weighted by Crippen LogP contribution is -2.24. The van der Waals surface area contributed by atoms with E-state index in [4.69, 9.17) is 5.73 Å². The van der Waals surface area contributed by atoms with Crippen LogP contribution in [-0.4, -0.2) is 29.0 Å². The lowest BCUT2D eigenvalue weighted by atomic mass is 10.2. The predicted molar refractivity (Wildman–Crippen MR) is 112 cm³/mol. The number of urea groups is 1. The van der Waals surface area contributed by atoms with Crippen LogP contribution in [0.25, 0.3) is 0 Å². The molecule has 0 bridgehead atoms. The van der Waals surface area contributed by atoms with E-state index in [1.807, 2.05) is 0 Å². The number of primary amides is 1. The van der Waals surface area contributed by atoms with Crippen LogP contribution in [0, 0.1) is 5.82 Å². The predicted octanol–water partition coefficient (Wildman–Crippen LogP) is 2.82. The molecule has 3 amide bonds.